The summed E-state index contributed by atoms with van der Waals surface area (Å²) in [4.78, 5) is 2.20. The number of hydrogen-bond donors (Lipinski definition) is 2. The Labute approximate surface area is 154 Å². The Hall–Kier alpha value is -0.900. The third kappa shape index (κ3) is 6.40. The molecular weight excluding hydrogens is 310 g/mol. The lowest BCUT2D eigenvalue weighted by molar-refractivity contribution is 0.140. The highest BCUT2D eigenvalue weighted by Gasteiger charge is 2.42. The van der Waals surface area contributed by atoms with Crippen LogP contribution in [-0.4, -0.2) is 48.0 Å². The van der Waals surface area contributed by atoms with Crippen LogP contribution in [0.3, 0.4) is 0 Å². The highest BCUT2D eigenvalue weighted by Crippen LogP contribution is 2.47. The number of rotatable bonds is 10. The smallest absolute Gasteiger partial charge is 0.0721 e. The number of nitrogens with zero attached hydrogens (tertiary/aromatic N) is 1. The van der Waals surface area contributed by atoms with E-state index in [0.29, 0.717) is 11.8 Å². The summed E-state index contributed by atoms with van der Waals surface area (Å²) in [5.74, 6) is 1.19. The summed E-state index contributed by atoms with van der Waals surface area (Å²) in [6.45, 7) is 3.26. The molecule has 0 aromatic heterocycles. The molecule has 1 saturated carbocycles. The van der Waals surface area contributed by atoms with Gasteiger partial charge in [0, 0.05) is 12.5 Å². The van der Waals surface area contributed by atoms with E-state index in [4.69, 9.17) is 0 Å². The molecule has 142 valence electrons. The Balaban J connectivity index is 1.83. The third-order valence-electron chi connectivity index (χ3n) is 5.64. The molecule has 2 aliphatic carbocycles. The van der Waals surface area contributed by atoms with Gasteiger partial charge in [-0.05, 0) is 51.6 Å². The molecule has 2 aliphatic rings. The predicted molar refractivity (Wildman–Crippen MR) is 105 cm³/mol. The second-order valence-corrected chi connectivity index (χ2v) is 8.10. The zero-order chi connectivity index (χ0) is 18.2. The van der Waals surface area contributed by atoms with E-state index < -0.39 is 0 Å². The summed E-state index contributed by atoms with van der Waals surface area (Å²) in [5.41, 5.74) is 1.42. The van der Waals surface area contributed by atoms with Crippen LogP contribution in [-0.2, 0) is 0 Å². The van der Waals surface area contributed by atoms with Crippen LogP contribution in [0.1, 0.15) is 51.9 Å². The first kappa shape index (κ1) is 20.4. The highest BCUT2D eigenvalue weighted by molar-refractivity contribution is 5.29. The van der Waals surface area contributed by atoms with Crippen molar-refractivity contribution in [2.75, 3.05) is 20.6 Å². The molecule has 0 aromatic carbocycles. The quantitative estimate of drug-likeness (QED) is 0.465. The number of aliphatic hydroxyl groups is 2. The van der Waals surface area contributed by atoms with E-state index in [-0.39, 0.29) is 18.1 Å². The molecule has 2 N–H and O–H groups in total. The average molecular weight is 348 g/mol. The molecule has 0 aliphatic heterocycles. The first-order chi connectivity index (χ1) is 12.0. The van der Waals surface area contributed by atoms with Gasteiger partial charge in [0.2, 0.25) is 0 Å². The maximum absolute atomic E-state index is 10.4. The summed E-state index contributed by atoms with van der Waals surface area (Å²) < 4.78 is 0. The van der Waals surface area contributed by atoms with Crippen molar-refractivity contribution in [3.8, 4) is 0 Å². The van der Waals surface area contributed by atoms with Gasteiger partial charge in [0.15, 0.2) is 0 Å². The Morgan fingerprint density at radius 2 is 2.12 bits per heavy atom. The van der Waals surface area contributed by atoms with Gasteiger partial charge in [0.1, 0.15) is 0 Å². The standard InChI is InChI=1S/C22H37NO2/c1-4-5-6-10-19(24)11-12-20-21-15-17(9-7-8-13-23(2)3)14-18(21)16-22(20)25/h7,9,11-12,14,18-22,24-25H,4-6,8,10,13,15-16H2,1-3H3/t18-,19-,20+,21-,22+/m0/s1. The number of aliphatic hydroxyl groups excluding tert-OH is 2. The van der Waals surface area contributed by atoms with Crippen LogP contribution in [0, 0.1) is 17.8 Å². The fraction of sp³-hybridized carbons (Fsp3) is 0.727. The van der Waals surface area contributed by atoms with Crippen molar-refractivity contribution >= 4 is 0 Å². The molecular formula is C22H37NO2. The van der Waals surface area contributed by atoms with Gasteiger partial charge < -0.3 is 15.1 Å². The van der Waals surface area contributed by atoms with E-state index in [9.17, 15) is 10.2 Å². The van der Waals surface area contributed by atoms with Crippen LogP contribution < -0.4 is 0 Å². The van der Waals surface area contributed by atoms with Gasteiger partial charge in [0.25, 0.3) is 0 Å². The van der Waals surface area contributed by atoms with Crippen LogP contribution >= 0.6 is 0 Å². The molecule has 0 unspecified atom stereocenters. The number of allylic oxidation sites excluding steroid dienone is 3. The molecule has 5 atom stereocenters. The zero-order valence-electron chi connectivity index (χ0n) is 16.3. The molecule has 0 aromatic rings. The topological polar surface area (TPSA) is 43.7 Å². The van der Waals surface area contributed by atoms with Crippen LogP contribution in [0.15, 0.2) is 36.0 Å². The number of unbranched alkanes of at least 4 members (excludes halogenated alkanes) is 2. The lowest BCUT2D eigenvalue weighted by atomic mass is 9.89. The lowest BCUT2D eigenvalue weighted by Gasteiger charge is -2.18. The van der Waals surface area contributed by atoms with Gasteiger partial charge in [-0.1, -0.05) is 62.1 Å². The number of fused-ring (bicyclic) bond motifs is 1. The van der Waals surface area contributed by atoms with E-state index in [1.165, 1.54) is 18.4 Å². The van der Waals surface area contributed by atoms with Crippen molar-refractivity contribution in [1.82, 2.24) is 4.90 Å². The summed E-state index contributed by atoms with van der Waals surface area (Å²) >= 11 is 0. The largest absolute Gasteiger partial charge is 0.392 e. The molecule has 1 fully saturated rings. The van der Waals surface area contributed by atoms with Crippen LogP contribution in [0.4, 0.5) is 0 Å². The Kier molecular flexibility index (Phi) is 8.41. The van der Waals surface area contributed by atoms with E-state index in [0.717, 1.165) is 38.6 Å². The molecule has 0 saturated heterocycles. The SMILES string of the molecule is CCCCC[C@H](O)C=C[C@@H]1[C@H]2CC(C=CCCN(C)C)=C[C@H]2C[C@H]1O. The van der Waals surface area contributed by atoms with Gasteiger partial charge in [-0.2, -0.15) is 0 Å². The van der Waals surface area contributed by atoms with Gasteiger partial charge in [-0.25, -0.2) is 0 Å². The molecule has 2 rings (SSSR count). The van der Waals surface area contributed by atoms with Crippen molar-refractivity contribution in [2.45, 2.75) is 64.1 Å². The van der Waals surface area contributed by atoms with Crippen LogP contribution in [0.5, 0.6) is 0 Å². The highest BCUT2D eigenvalue weighted by atomic mass is 16.3. The molecule has 3 heteroatoms. The Bertz CT molecular complexity index is 480. The predicted octanol–water partition coefficient (Wildman–Crippen LogP) is 3.94. The third-order valence-corrected chi connectivity index (χ3v) is 5.64. The van der Waals surface area contributed by atoms with Gasteiger partial charge in [0.05, 0.1) is 12.2 Å². The first-order valence-corrected chi connectivity index (χ1v) is 10.1. The van der Waals surface area contributed by atoms with E-state index in [1.54, 1.807) is 0 Å². The summed E-state index contributed by atoms with van der Waals surface area (Å²) in [7, 11) is 4.20. The van der Waals surface area contributed by atoms with E-state index >= 15 is 0 Å². The normalized spacial score (nSPS) is 30.6. The minimum absolute atomic E-state index is 0.190. The zero-order valence-corrected chi connectivity index (χ0v) is 16.3. The maximum atomic E-state index is 10.4. The van der Waals surface area contributed by atoms with Crippen molar-refractivity contribution in [3.63, 3.8) is 0 Å². The molecule has 0 spiro atoms. The van der Waals surface area contributed by atoms with Gasteiger partial charge in [-0.3, -0.25) is 0 Å². The molecule has 0 radical (unpaired) electrons. The Morgan fingerprint density at radius 1 is 1.32 bits per heavy atom. The fourth-order valence-corrected chi connectivity index (χ4v) is 4.19. The Morgan fingerprint density at radius 3 is 2.84 bits per heavy atom. The van der Waals surface area contributed by atoms with Gasteiger partial charge in [-0.15, -0.1) is 0 Å². The van der Waals surface area contributed by atoms with Gasteiger partial charge >= 0.3 is 0 Å². The second-order valence-electron chi connectivity index (χ2n) is 8.10. The molecule has 0 amide bonds. The maximum Gasteiger partial charge on any atom is 0.0721 e. The number of hydrogen-bond acceptors (Lipinski definition) is 3. The fourth-order valence-electron chi connectivity index (χ4n) is 4.19. The minimum Gasteiger partial charge on any atom is -0.392 e. The van der Waals surface area contributed by atoms with Crippen LogP contribution in [0.25, 0.3) is 0 Å². The lowest BCUT2D eigenvalue weighted by Crippen LogP contribution is -2.17. The van der Waals surface area contributed by atoms with Crippen LogP contribution in [0.2, 0.25) is 0 Å². The summed E-state index contributed by atoms with van der Waals surface area (Å²) in [5, 5.41) is 20.5. The van der Waals surface area contributed by atoms with Crippen molar-refractivity contribution in [1.29, 1.82) is 0 Å². The summed E-state index contributed by atoms with van der Waals surface area (Å²) in [6.07, 6.45) is 17.6. The second kappa shape index (κ2) is 10.3. The summed E-state index contributed by atoms with van der Waals surface area (Å²) in [6, 6.07) is 0. The first-order valence-electron chi connectivity index (χ1n) is 10.1. The molecule has 3 nitrogen and oxygen atoms in total. The van der Waals surface area contributed by atoms with Crippen molar-refractivity contribution in [2.24, 2.45) is 17.8 Å². The molecule has 0 bridgehead atoms. The minimum atomic E-state index is -0.363. The monoisotopic (exact) mass is 347 g/mol. The average Bonchev–Trinajstić information content (AvgIpc) is 3.06. The molecule has 25 heavy (non-hydrogen) atoms. The van der Waals surface area contributed by atoms with Crippen molar-refractivity contribution in [3.05, 3.63) is 36.0 Å². The molecule has 0 heterocycles. The van der Waals surface area contributed by atoms with Crippen molar-refractivity contribution < 1.29 is 10.2 Å². The van der Waals surface area contributed by atoms with E-state index in [1.807, 2.05) is 6.08 Å². The van der Waals surface area contributed by atoms with E-state index in [2.05, 4.69) is 50.2 Å².